The molecule has 0 fully saturated rings. The van der Waals surface area contributed by atoms with Gasteiger partial charge in [-0.25, -0.2) is 13.8 Å². The Hall–Kier alpha value is -3.33. The summed E-state index contributed by atoms with van der Waals surface area (Å²) < 4.78 is 38.2. The number of methoxy groups -OCH3 is 1. The number of nitrogens with zero attached hydrogens (tertiary/aromatic N) is 4. The molecule has 7 nitrogen and oxygen atoms in total. The molecular formula is C22H22F2N6O. The van der Waals surface area contributed by atoms with Crippen LogP contribution in [-0.4, -0.2) is 45.2 Å². The number of pyridine rings is 1. The fourth-order valence-electron chi connectivity index (χ4n) is 4.41. The van der Waals surface area contributed by atoms with E-state index in [1.54, 1.807) is 17.9 Å². The molecule has 3 heterocycles. The lowest BCUT2D eigenvalue weighted by Gasteiger charge is -2.26. The average molecular weight is 424 g/mol. The van der Waals surface area contributed by atoms with Crippen LogP contribution in [0.5, 0.6) is 5.75 Å². The van der Waals surface area contributed by atoms with E-state index < -0.39 is 11.6 Å². The Morgan fingerprint density at radius 2 is 2.10 bits per heavy atom. The van der Waals surface area contributed by atoms with Crippen LogP contribution in [0.3, 0.4) is 0 Å². The third-order valence-electron chi connectivity index (χ3n) is 6.01. The molecule has 160 valence electrons. The van der Waals surface area contributed by atoms with E-state index >= 15 is 8.78 Å². The van der Waals surface area contributed by atoms with Crippen LogP contribution in [0.15, 0.2) is 24.7 Å². The second kappa shape index (κ2) is 7.42. The van der Waals surface area contributed by atoms with Crippen LogP contribution in [0.1, 0.15) is 17.5 Å². The van der Waals surface area contributed by atoms with Gasteiger partial charge >= 0.3 is 0 Å². The zero-order valence-electron chi connectivity index (χ0n) is 17.5. The molecule has 0 aliphatic heterocycles. The number of halogens is 2. The standard InChI is InChI=1S/C22H22F2N6O/c1-25-13-5-4-11-6-15(23)17(19(24)14(11)7-13)21-22(31-3)18-16(9-26-21)28-29-20(18)12-8-27-30(2)10-12/h6,8-10,13,25H,4-5,7H2,1-3H3,(H,28,29). The van der Waals surface area contributed by atoms with E-state index in [0.717, 1.165) is 12.0 Å². The molecule has 9 heteroatoms. The zero-order chi connectivity index (χ0) is 21.7. The monoisotopic (exact) mass is 424 g/mol. The summed E-state index contributed by atoms with van der Waals surface area (Å²) >= 11 is 0. The largest absolute Gasteiger partial charge is 0.494 e. The maximum Gasteiger partial charge on any atom is 0.156 e. The topological polar surface area (TPSA) is 80.7 Å². The van der Waals surface area contributed by atoms with Crippen molar-refractivity contribution >= 4 is 10.9 Å². The number of aromatic amines is 1. The molecule has 1 aliphatic carbocycles. The maximum atomic E-state index is 15.7. The Bertz CT molecular complexity index is 1300. The summed E-state index contributed by atoms with van der Waals surface area (Å²) in [6, 6.07) is 1.59. The van der Waals surface area contributed by atoms with Crippen molar-refractivity contribution < 1.29 is 13.5 Å². The number of nitrogens with one attached hydrogen (secondary N) is 2. The summed E-state index contributed by atoms with van der Waals surface area (Å²) in [4.78, 5) is 4.36. The van der Waals surface area contributed by atoms with Crippen molar-refractivity contribution in [2.24, 2.45) is 7.05 Å². The number of benzene rings is 1. The molecular weight excluding hydrogens is 402 g/mol. The summed E-state index contributed by atoms with van der Waals surface area (Å²) in [6.07, 6.45) is 6.99. The molecule has 3 aromatic heterocycles. The van der Waals surface area contributed by atoms with Gasteiger partial charge in [0.1, 0.15) is 23.0 Å². The van der Waals surface area contributed by atoms with Crippen LogP contribution in [0.4, 0.5) is 8.78 Å². The molecule has 4 aromatic rings. The third kappa shape index (κ3) is 3.07. The van der Waals surface area contributed by atoms with Crippen LogP contribution >= 0.6 is 0 Å². The van der Waals surface area contributed by atoms with Gasteiger partial charge in [0.15, 0.2) is 5.75 Å². The summed E-state index contributed by atoms with van der Waals surface area (Å²) in [6.45, 7) is 0. The van der Waals surface area contributed by atoms with Crippen LogP contribution < -0.4 is 10.1 Å². The predicted molar refractivity (Wildman–Crippen MR) is 113 cm³/mol. The lowest BCUT2D eigenvalue weighted by Crippen LogP contribution is -2.32. The maximum absolute atomic E-state index is 15.7. The Kier molecular flexibility index (Phi) is 4.70. The lowest BCUT2D eigenvalue weighted by atomic mass is 9.85. The first-order chi connectivity index (χ1) is 15.0. The quantitative estimate of drug-likeness (QED) is 0.525. The second-order valence-electron chi connectivity index (χ2n) is 7.82. The van der Waals surface area contributed by atoms with Gasteiger partial charge in [0.05, 0.1) is 36.0 Å². The van der Waals surface area contributed by atoms with Gasteiger partial charge in [-0.1, -0.05) is 0 Å². The van der Waals surface area contributed by atoms with Gasteiger partial charge in [0, 0.05) is 24.8 Å². The Labute approximate surface area is 177 Å². The van der Waals surface area contributed by atoms with Gasteiger partial charge in [0.25, 0.3) is 0 Å². The fraction of sp³-hybridized carbons (Fsp3) is 0.318. The molecule has 1 aromatic carbocycles. The van der Waals surface area contributed by atoms with Crippen molar-refractivity contribution in [1.29, 1.82) is 0 Å². The highest BCUT2D eigenvalue weighted by Gasteiger charge is 2.29. The molecule has 1 aliphatic rings. The van der Waals surface area contributed by atoms with Crippen LogP contribution in [0.25, 0.3) is 33.4 Å². The SMILES string of the molecule is CNC1CCc2cc(F)c(-c3ncc4[nH]nc(-c5cnn(C)c5)c4c3OC)c(F)c2C1. The lowest BCUT2D eigenvalue weighted by molar-refractivity contribution is 0.419. The molecule has 1 unspecified atom stereocenters. The van der Waals surface area contributed by atoms with Gasteiger partial charge in [-0.15, -0.1) is 0 Å². The van der Waals surface area contributed by atoms with E-state index in [9.17, 15) is 0 Å². The van der Waals surface area contributed by atoms with E-state index in [2.05, 4.69) is 25.6 Å². The Morgan fingerprint density at radius 3 is 2.81 bits per heavy atom. The van der Waals surface area contributed by atoms with Gasteiger partial charge in [-0.05, 0) is 43.5 Å². The number of ether oxygens (including phenoxy) is 1. The minimum atomic E-state index is -0.643. The zero-order valence-corrected chi connectivity index (χ0v) is 17.5. The molecule has 0 bridgehead atoms. The smallest absolute Gasteiger partial charge is 0.156 e. The molecule has 0 saturated carbocycles. The molecule has 2 N–H and O–H groups in total. The number of aromatic nitrogens is 5. The van der Waals surface area contributed by atoms with E-state index in [-0.39, 0.29) is 23.0 Å². The first-order valence-corrected chi connectivity index (χ1v) is 10.1. The summed E-state index contributed by atoms with van der Waals surface area (Å²) in [7, 11) is 5.12. The molecule has 0 spiro atoms. The summed E-state index contributed by atoms with van der Waals surface area (Å²) in [5.41, 5.74) is 3.13. The average Bonchev–Trinajstić information content (AvgIpc) is 3.39. The number of hydrogen-bond acceptors (Lipinski definition) is 5. The van der Waals surface area contributed by atoms with E-state index in [0.29, 0.717) is 40.6 Å². The highest BCUT2D eigenvalue weighted by atomic mass is 19.1. The van der Waals surface area contributed by atoms with E-state index in [1.165, 1.54) is 19.4 Å². The predicted octanol–water partition coefficient (Wildman–Crippen LogP) is 3.39. The Morgan fingerprint density at radius 1 is 1.26 bits per heavy atom. The molecule has 1 atom stereocenters. The molecule has 0 radical (unpaired) electrons. The highest BCUT2D eigenvalue weighted by Crippen LogP contribution is 2.42. The molecule has 5 rings (SSSR count). The van der Waals surface area contributed by atoms with Gasteiger partial charge in [0.2, 0.25) is 0 Å². The molecule has 31 heavy (non-hydrogen) atoms. The van der Waals surface area contributed by atoms with Crippen molar-refractivity contribution in [2.45, 2.75) is 25.3 Å². The van der Waals surface area contributed by atoms with Crippen LogP contribution in [0, 0.1) is 11.6 Å². The first-order valence-electron chi connectivity index (χ1n) is 10.1. The van der Waals surface area contributed by atoms with Crippen molar-refractivity contribution in [2.75, 3.05) is 14.2 Å². The molecule has 0 saturated heterocycles. The number of hydrogen-bond donors (Lipinski definition) is 2. The third-order valence-corrected chi connectivity index (χ3v) is 6.01. The van der Waals surface area contributed by atoms with E-state index in [1.807, 2.05) is 13.2 Å². The summed E-state index contributed by atoms with van der Waals surface area (Å²) in [5, 5.41) is 15.3. The number of aryl methyl sites for hydroxylation is 2. The van der Waals surface area contributed by atoms with Crippen molar-refractivity contribution in [3.8, 4) is 28.3 Å². The Balaban J connectivity index is 1.75. The minimum absolute atomic E-state index is 0.117. The van der Waals surface area contributed by atoms with Gasteiger partial charge in [-0.3, -0.25) is 9.78 Å². The van der Waals surface area contributed by atoms with E-state index in [4.69, 9.17) is 4.74 Å². The minimum Gasteiger partial charge on any atom is -0.494 e. The van der Waals surface area contributed by atoms with Crippen molar-refractivity contribution in [3.05, 3.63) is 47.4 Å². The van der Waals surface area contributed by atoms with Gasteiger partial charge < -0.3 is 10.1 Å². The number of fused-ring (bicyclic) bond motifs is 2. The summed E-state index contributed by atoms with van der Waals surface area (Å²) in [5.74, 6) is -0.953. The highest BCUT2D eigenvalue weighted by molar-refractivity contribution is 6.00. The molecule has 0 amide bonds. The van der Waals surface area contributed by atoms with Crippen molar-refractivity contribution in [3.63, 3.8) is 0 Å². The number of rotatable bonds is 4. The van der Waals surface area contributed by atoms with Crippen LogP contribution in [-0.2, 0) is 19.9 Å². The first kappa shape index (κ1) is 19.6. The number of H-pyrrole nitrogens is 1. The van der Waals surface area contributed by atoms with Crippen LogP contribution in [0.2, 0.25) is 0 Å². The van der Waals surface area contributed by atoms with Crippen molar-refractivity contribution in [1.82, 2.24) is 30.3 Å². The number of likely N-dealkylation sites (N-methyl/N-ethyl adjacent to an activating group) is 1. The fourth-order valence-corrected chi connectivity index (χ4v) is 4.41. The normalized spacial score (nSPS) is 16.0. The van der Waals surface area contributed by atoms with Gasteiger partial charge in [-0.2, -0.15) is 10.2 Å². The second-order valence-corrected chi connectivity index (χ2v) is 7.82.